The fraction of sp³-hybridized carbons (Fsp3) is 1.00. The normalized spacial score (nSPS) is 12.0. The predicted molar refractivity (Wildman–Crippen MR) is 113 cm³/mol. The third kappa shape index (κ3) is 16.5. The topological polar surface area (TPSA) is 36.9 Å². The summed E-state index contributed by atoms with van der Waals surface area (Å²) in [4.78, 5) is 10.8. The monoisotopic (exact) mass is 388 g/mol. The van der Waals surface area contributed by atoms with E-state index in [0.717, 1.165) is 44.9 Å². The van der Waals surface area contributed by atoms with E-state index in [9.17, 15) is 0 Å². The molecule has 0 aliphatic rings. The minimum Gasteiger partial charge on any atom is -0.204 e. The molecule has 0 amide bonds. The van der Waals surface area contributed by atoms with Crippen LogP contribution in [0.5, 0.6) is 0 Å². The van der Waals surface area contributed by atoms with Crippen molar-refractivity contribution in [2.45, 2.75) is 142 Å². The molecule has 0 spiro atoms. The summed E-state index contributed by atoms with van der Waals surface area (Å²) in [5.74, 6) is 0. The smallest absolute Gasteiger partial charge is 0.107 e. The zero-order valence-corrected chi connectivity index (χ0v) is 18.9. The van der Waals surface area contributed by atoms with E-state index >= 15 is 0 Å². The van der Waals surface area contributed by atoms with Gasteiger partial charge in [-0.05, 0) is 35.8 Å². The van der Waals surface area contributed by atoms with Crippen molar-refractivity contribution in [1.82, 2.24) is 0 Å². The summed E-state index contributed by atoms with van der Waals surface area (Å²) >= 11 is 0. The summed E-state index contributed by atoms with van der Waals surface area (Å²) in [6.07, 6.45) is 20.4. The fourth-order valence-electron chi connectivity index (χ4n) is 3.42. The molecule has 0 aliphatic heterocycles. The highest BCUT2D eigenvalue weighted by atomic mass is 17.7. The number of hydrogen-bond acceptors (Lipinski definition) is 4. The second kappa shape index (κ2) is 20.6. The van der Waals surface area contributed by atoms with Gasteiger partial charge in [0.1, 0.15) is 5.60 Å². The number of unbranched alkanes of at least 4 members (excludes halogenated alkanes) is 10. The molecule has 0 saturated carbocycles. The van der Waals surface area contributed by atoms with Gasteiger partial charge in [-0.25, -0.2) is 4.89 Å². The Morgan fingerprint density at radius 2 is 0.963 bits per heavy atom. The fourth-order valence-corrected chi connectivity index (χ4v) is 3.42. The zero-order valence-electron chi connectivity index (χ0n) is 18.9. The van der Waals surface area contributed by atoms with Gasteiger partial charge in [-0.3, -0.25) is 0 Å². The Bertz CT molecular complexity index is 276. The van der Waals surface area contributed by atoms with E-state index < -0.39 is 0 Å². The van der Waals surface area contributed by atoms with Gasteiger partial charge in [-0.15, -0.1) is 0 Å². The lowest BCUT2D eigenvalue weighted by Gasteiger charge is -2.31. The van der Waals surface area contributed by atoms with Crippen molar-refractivity contribution >= 4 is 0 Å². The maximum atomic E-state index is 5.83. The van der Waals surface area contributed by atoms with Gasteiger partial charge in [0.05, 0.1) is 6.61 Å². The first-order chi connectivity index (χ1) is 13.2. The van der Waals surface area contributed by atoms with Gasteiger partial charge in [0, 0.05) is 0 Å². The molecule has 0 atom stereocenters. The molecule has 164 valence electrons. The zero-order chi connectivity index (χ0) is 20.1. The Balaban J connectivity index is 4.28. The Morgan fingerprint density at radius 3 is 1.52 bits per heavy atom. The van der Waals surface area contributed by atoms with E-state index in [1.165, 1.54) is 64.2 Å². The highest BCUT2D eigenvalue weighted by molar-refractivity contribution is 4.79. The molecule has 0 rings (SSSR count). The van der Waals surface area contributed by atoms with Gasteiger partial charge in [-0.2, -0.15) is 4.89 Å². The van der Waals surface area contributed by atoms with Crippen LogP contribution in [0.4, 0.5) is 0 Å². The average molecular weight is 389 g/mol. The second-order valence-electron chi connectivity index (χ2n) is 8.01. The Kier molecular flexibility index (Phi) is 20.4. The van der Waals surface area contributed by atoms with E-state index in [4.69, 9.17) is 19.9 Å². The molecule has 0 aliphatic carbocycles. The standard InChI is InChI=1S/C23H48O4/c1-5-9-13-14-15-16-17-18-21-23(19-10-6-2,20-11-7-3)25-27-26-24-22-12-8-4/h5-22H2,1-4H3. The molecule has 0 unspecified atom stereocenters. The lowest BCUT2D eigenvalue weighted by atomic mass is 9.85. The highest BCUT2D eigenvalue weighted by Gasteiger charge is 2.31. The Labute approximate surface area is 169 Å². The molecule has 0 bridgehead atoms. The number of rotatable bonds is 22. The first-order valence-corrected chi connectivity index (χ1v) is 11.9. The van der Waals surface area contributed by atoms with E-state index in [1.807, 2.05) is 0 Å². The maximum Gasteiger partial charge on any atom is 0.107 e. The molecule has 0 heterocycles. The van der Waals surface area contributed by atoms with Crippen LogP contribution in [0.25, 0.3) is 0 Å². The van der Waals surface area contributed by atoms with Crippen molar-refractivity contribution in [2.24, 2.45) is 0 Å². The molecule has 0 aromatic rings. The van der Waals surface area contributed by atoms with E-state index in [0.29, 0.717) is 6.61 Å². The average Bonchev–Trinajstić information content (AvgIpc) is 2.69. The van der Waals surface area contributed by atoms with Crippen molar-refractivity contribution < 1.29 is 19.9 Å². The van der Waals surface area contributed by atoms with Crippen LogP contribution in [0.15, 0.2) is 0 Å². The predicted octanol–water partition coefficient (Wildman–Crippen LogP) is 8.25. The third-order valence-electron chi connectivity index (χ3n) is 5.33. The van der Waals surface area contributed by atoms with Crippen molar-refractivity contribution in [1.29, 1.82) is 0 Å². The SMILES string of the molecule is CCCCCCCCCCC(CCCC)(CCCC)OOOOCCCC. The van der Waals surface area contributed by atoms with Crippen molar-refractivity contribution in [3.63, 3.8) is 0 Å². The molecule has 0 aromatic carbocycles. The van der Waals surface area contributed by atoms with Crippen LogP contribution in [0.1, 0.15) is 137 Å². The summed E-state index contributed by atoms with van der Waals surface area (Å²) in [6, 6.07) is 0. The molecule has 4 nitrogen and oxygen atoms in total. The van der Waals surface area contributed by atoms with Crippen LogP contribution in [0, 0.1) is 0 Å². The van der Waals surface area contributed by atoms with Gasteiger partial charge in [0.15, 0.2) is 0 Å². The van der Waals surface area contributed by atoms with E-state index in [1.54, 1.807) is 0 Å². The van der Waals surface area contributed by atoms with Crippen LogP contribution in [-0.2, 0) is 19.9 Å². The van der Waals surface area contributed by atoms with E-state index in [-0.39, 0.29) is 5.60 Å². The molecule has 0 radical (unpaired) electrons. The van der Waals surface area contributed by atoms with Gasteiger partial charge in [0.25, 0.3) is 0 Å². The lowest BCUT2D eigenvalue weighted by Crippen LogP contribution is -2.33. The van der Waals surface area contributed by atoms with Crippen molar-refractivity contribution in [2.75, 3.05) is 6.61 Å². The summed E-state index contributed by atoms with van der Waals surface area (Å²) in [6.45, 7) is 9.38. The summed E-state index contributed by atoms with van der Waals surface area (Å²) in [7, 11) is 0. The first-order valence-electron chi connectivity index (χ1n) is 11.9. The van der Waals surface area contributed by atoms with Crippen LogP contribution < -0.4 is 0 Å². The Hall–Kier alpha value is -0.160. The van der Waals surface area contributed by atoms with Gasteiger partial charge >= 0.3 is 0 Å². The molecule has 0 aromatic heterocycles. The highest BCUT2D eigenvalue weighted by Crippen LogP contribution is 2.32. The second-order valence-corrected chi connectivity index (χ2v) is 8.01. The largest absolute Gasteiger partial charge is 0.204 e. The minimum absolute atomic E-state index is 0.234. The Morgan fingerprint density at radius 1 is 0.481 bits per heavy atom. The van der Waals surface area contributed by atoms with E-state index in [2.05, 4.69) is 27.7 Å². The van der Waals surface area contributed by atoms with Crippen LogP contribution in [0.2, 0.25) is 0 Å². The quantitative estimate of drug-likeness (QED) is 0.106. The summed E-state index contributed by atoms with van der Waals surface area (Å²) in [5, 5.41) is 9.85. The summed E-state index contributed by atoms with van der Waals surface area (Å²) < 4.78 is 0. The first kappa shape index (κ1) is 26.8. The van der Waals surface area contributed by atoms with Crippen LogP contribution in [-0.4, -0.2) is 12.2 Å². The molecular weight excluding hydrogens is 340 g/mol. The maximum absolute atomic E-state index is 5.83. The van der Waals surface area contributed by atoms with Crippen molar-refractivity contribution in [3.8, 4) is 0 Å². The van der Waals surface area contributed by atoms with Gasteiger partial charge in [-0.1, -0.05) is 111 Å². The van der Waals surface area contributed by atoms with Gasteiger partial charge < -0.3 is 0 Å². The molecular formula is C23H48O4. The van der Waals surface area contributed by atoms with Crippen LogP contribution >= 0.6 is 0 Å². The molecule has 0 N–H and O–H groups in total. The van der Waals surface area contributed by atoms with Crippen LogP contribution in [0.3, 0.4) is 0 Å². The summed E-state index contributed by atoms with van der Waals surface area (Å²) in [5.41, 5.74) is -0.234. The minimum atomic E-state index is -0.234. The number of hydrogen-bond donors (Lipinski definition) is 0. The molecule has 27 heavy (non-hydrogen) atoms. The molecule has 0 fully saturated rings. The third-order valence-corrected chi connectivity index (χ3v) is 5.33. The molecule has 0 saturated heterocycles. The van der Waals surface area contributed by atoms with Crippen molar-refractivity contribution in [3.05, 3.63) is 0 Å². The molecule has 4 heteroatoms. The van der Waals surface area contributed by atoms with Gasteiger partial charge in [0.2, 0.25) is 0 Å². The lowest BCUT2D eigenvalue weighted by molar-refractivity contribution is -0.652.